The fraction of sp³-hybridized carbons (Fsp3) is 0.417. The van der Waals surface area contributed by atoms with Crippen molar-refractivity contribution in [3.05, 3.63) is 28.8 Å². The van der Waals surface area contributed by atoms with Gasteiger partial charge in [0.15, 0.2) is 0 Å². The van der Waals surface area contributed by atoms with Crippen LogP contribution in [0.5, 0.6) is 0 Å². The summed E-state index contributed by atoms with van der Waals surface area (Å²) < 4.78 is 1.85. The molecule has 2 aromatic rings. The maximum Gasteiger partial charge on any atom is 0.214 e. The largest absolute Gasteiger partial charge is 0.389 e. The van der Waals surface area contributed by atoms with Crippen LogP contribution in [0.15, 0.2) is 28.3 Å². The number of aliphatic hydroxyl groups excluding tert-OH is 1. The Morgan fingerprint density at radius 1 is 1.47 bits per heavy atom. The van der Waals surface area contributed by atoms with Gasteiger partial charge in [0.25, 0.3) is 0 Å². The van der Waals surface area contributed by atoms with E-state index in [1.807, 2.05) is 16.8 Å². The number of aliphatic hydroxyl groups is 1. The SMILES string of the molecule is CC(O)c1ccc(Sc2nnnn2C2CC2)c(Cl)c1. The molecule has 0 bridgehead atoms. The molecule has 1 saturated carbocycles. The molecule has 1 fully saturated rings. The highest BCUT2D eigenvalue weighted by Crippen LogP contribution is 2.39. The molecule has 0 amide bonds. The molecule has 0 radical (unpaired) electrons. The van der Waals surface area contributed by atoms with Gasteiger partial charge in [0.05, 0.1) is 17.2 Å². The highest BCUT2D eigenvalue weighted by molar-refractivity contribution is 7.99. The first kappa shape index (κ1) is 12.9. The molecule has 3 rings (SSSR count). The lowest BCUT2D eigenvalue weighted by Gasteiger charge is -2.08. The summed E-state index contributed by atoms with van der Waals surface area (Å²) in [4.78, 5) is 0.891. The molecule has 0 saturated heterocycles. The summed E-state index contributed by atoms with van der Waals surface area (Å²) in [5.74, 6) is 0. The van der Waals surface area contributed by atoms with Gasteiger partial charge in [0.2, 0.25) is 5.16 Å². The first-order chi connectivity index (χ1) is 9.15. The molecule has 1 heterocycles. The molecule has 1 atom stereocenters. The van der Waals surface area contributed by atoms with Crippen molar-refractivity contribution in [3.8, 4) is 0 Å². The van der Waals surface area contributed by atoms with Crippen LogP contribution in [0.2, 0.25) is 5.02 Å². The Balaban J connectivity index is 1.84. The maximum absolute atomic E-state index is 9.52. The molecular weight excluding hydrogens is 284 g/mol. The number of nitrogens with zero attached hydrogens (tertiary/aromatic N) is 4. The zero-order valence-corrected chi connectivity index (χ0v) is 11.9. The maximum atomic E-state index is 9.52. The van der Waals surface area contributed by atoms with Crippen LogP contribution in [0.25, 0.3) is 0 Å². The van der Waals surface area contributed by atoms with Crippen molar-refractivity contribution in [3.63, 3.8) is 0 Å². The van der Waals surface area contributed by atoms with Gasteiger partial charge < -0.3 is 5.11 Å². The van der Waals surface area contributed by atoms with Gasteiger partial charge in [0, 0.05) is 4.90 Å². The molecule has 1 aromatic carbocycles. The first-order valence-electron chi connectivity index (χ1n) is 6.08. The van der Waals surface area contributed by atoms with Gasteiger partial charge in [0.1, 0.15) is 0 Å². The van der Waals surface area contributed by atoms with Crippen LogP contribution >= 0.6 is 23.4 Å². The van der Waals surface area contributed by atoms with Gasteiger partial charge >= 0.3 is 0 Å². The summed E-state index contributed by atoms with van der Waals surface area (Å²) in [6, 6.07) is 5.97. The molecule has 1 aromatic heterocycles. The van der Waals surface area contributed by atoms with Gasteiger partial charge in [-0.3, -0.25) is 0 Å². The minimum atomic E-state index is -0.520. The van der Waals surface area contributed by atoms with Crippen LogP contribution in [0, 0.1) is 0 Å². The van der Waals surface area contributed by atoms with Gasteiger partial charge in [-0.05, 0) is 59.7 Å². The molecule has 0 aliphatic heterocycles. The van der Waals surface area contributed by atoms with Crippen LogP contribution in [0.4, 0.5) is 0 Å². The molecule has 7 heteroatoms. The van der Waals surface area contributed by atoms with Crippen molar-refractivity contribution < 1.29 is 5.11 Å². The van der Waals surface area contributed by atoms with E-state index in [9.17, 15) is 5.11 Å². The Morgan fingerprint density at radius 3 is 2.89 bits per heavy atom. The van der Waals surface area contributed by atoms with Crippen LogP contribution in [0.1, 0.15) is 37.5 Å². The lowest BCUT2D eigenvalue weighted by molar-refractivity contribution is 0.199. The smallest absolute Gasteiger partial charge is 0.214 e. The second-order valence-corrected chi connectivity index (χ2v) is 6.02. The molecular formula is C12H13ClN4OS. The topological polar surface area (TPSA) is 63.8 Å². The zero-order valence-electron chi connectivity index (χ0n) is 10.3. The number of benzene rings is 1. The predicted octanol–water partition coefficient (Wildman–Crippen LogP) is 2.87. The standard InChI is InChI=1S/C12H13ClN4OS/c1-7(18)8-2-5-11(10(13)6-8)19-12-14-15-16-17(12)9-3-4-9/h2,5-7,9,18H,3-4H2,1H3. The van der Waals surface area contributed by atoms with E-state index in [1.54, 1.807) is 13.0 Å². The fourth-order valence-corrected chi connectivity index (χ4v) is 2.91. The van der Waals surface area contributed by atoms with Crippen molar-refractivity contribution in [1.82, 2.24) is 20.2 Å². The average Bonchev–Trinajstić information content (AvgIpc) is 3.12. The third-order valence-electron chi connectivity index (χ3n) is 2.99. The van der Waals surface area contributed by atoms with E-state index in [-0.39, 0.29) is 0 Å². The number of halogens is 1. The van der Waals surface area contributed by atoms with E-state index in [2.05, 4.69) is 15.5 Å². The summed E-state index contributed by atoms with van der Waals surface area (Å²) in [6.45, 7) is 1.71. The van der Waals surface area contributed by atoms with Gasteiger partial charge in [-0.2, -0.15) is 0 Å². The van der Waals surface area contributed by atoms with E-state index in [4.69, 9.17) is 11.6 Å². The molecule has 1 unspecified atom stereocenters. The van der Waals surface area contributed by atoms with Gasteiger partial charge in [-0.1, -0.05) is 17.7 Å². The number of tetrazole rings is 1. The van der Waals surface area contributed by atoms with Gasteiger partial charge in [-0.15, -0.1) is 5.10 Å². The summed E-state index contributed by atoms with van der Waals surface area (Å²) in [7, 11) is 0. The highest BCUT2D eigenvalue weighted by atomic mass is 35.5. The second-order valence-electron chi connectivity index (χ2n) is 4.61. The Hall–Kier alpha value is -1.11. The van der Waals surface area contributed by atoms with Crippen LogP contribution in [-0.2, 0) is 0 Å². The third kappa shape index (κ3) is 2.75. The second kappa shape index (κ2) is 5.11. The van der Waals surface area contributed by atoms with Crippen LogP contribution in [0.3, 0.4) is 0 Å². The molecule has 1 N–H and O–H groups in total. The van der Waals surface area contributed by atoms with Crippen molar-refractivity contribution in [2.24, 2.45) is 0 Å². The Kier molecular flexibility index (Phi) is 3.47. The number of hydrogen-bond donors (Lipinski definition) is 1. The average molecular weight is 297 g/mol. The summed E-state index contributed by atoms with van der Waals surface area (Å²) in [6.07, 6.45) is 1.74. The van der Waals surface area contributed by atoms with Crippen LogP contribution in [-0.4, -0.2) is 25.3 Å². The lowest BCUT2D eigenvalue weighted by atomic mass is 10.1. The molecule has 1 aliphatic carbocycles. The first-order valence-corrected chi connectivity index (χ1v) is 7.28. The van der Waals surface area contributed by atoms with E-state index < -0.39 is 6.10 Å². The zero-order chi connectivity index (χ0) is 13.4. The molecule has 19 heavy (non-hydrogen) atoms. The fourth-order valence-electron chi connectivity index (χ4n) is 1.76. The highest BCUT2D eigenvalue weighted by Gasteiger charge is 2.28. The molecule has 5 nitrogen and oxygen atoms in total. The number of hydrogen-bond acceptors (Lipinski definition) is 5. The molecule has 100 valence electrons. The Labute approximate surface area is 120 Å². The van der Waals surface area contributed by atoms with Crippen LogP contribution < -0.4 is 0 Å². The lowest BCUT2D eigenvalue weighted by Crippen LogP contribution is -1.98. The van der Waals surface area contributed by atoms with E-state index in [0.29, 0.717) is 11.1 Å². The number of aromatic nitrogens is 4. The van der Waals surface area contributed by atoms with Gasteiger partial charge in [-0.25, -0.2) is 4.68 Å². The van der Waals surface area contributed by atoms with E-state index in [0.717, 1.165) is 28.5 Å². The quantitative estimate of drug-likeness (QED) is 0.940. The normalized spacial score (nSPS) is 16.6. The number of rotatable bonds is 4. The van der Waals surface area contributed by atoms with Crippen molar-refractivity contribution >= 4 is 23.4 Å². The summed E-state index contributed by atoms with van der Waals surface area (Å²) in [5, 5.41) is 22.6. The summed E-state index contributed by atoms with van der Waals surface area (Å²) in [5.41, 5.74) is 0.802. The Bertz CT molecular complexity index is 597. The Morgan fingerprint density at radius 2 is 2.26 bits per heavy atom. The third-order valence-corrected chi connectivity index (χ3v) is 4.45. The molecule has 1 aliphatic rings. The monoisotopic (exact) mass is 296 g/mol. The van der Waals surface area contributed by atoms with Crippen molar-refractivity contribution in [2.75, 3.05) is 0 Å². The van der Waals surface area contributed by atoms with E-state index >= 15 is 0 Å². The van der Waals surface area contributed by atoms with E-state index in [1.165, 1.54) is 11.8 Å². The van der Waals surface area contributed by atoms with Crippen molar-refractivity contribution in [1.29, 1.82) is 0 Å². The summed E-state index contributed by atoms with van der Waals surface area (Å²) >= 11 is 7.68. The molecule has 0 spiro atoms. The predicted molar refractivity (Wildman–Crippen MR) is 72.3 cm³/mol. The minimum absolute atomic E-state index is 0.438. The van der Waals surface area contributed by atoms with Crippen molar-refractivity contribution in [2.45, 2.75) is 42.0 Å². The minimum Gasteiger partial charge on any atom is -0.389 e.